The van der Waals surface area contributed by atoms with Gasteiger partial charge in [0.05, 0.1) is 0 Å². The van der Waals surface area contributed by atoms with E-state index in [4.69, 9.17) is 17.3 Å². The molecule has 2 N–H and O–H groups in total. The molecule has 0 heterocycles. The SMILES string of the molecule is Cc1ccc(C23CC(CN)(C2)C3)c(Cl)c1. The van der Waals surface area contributed by atoms with Crippen LogP contribution in [0.4, 0.5) is 0 Å². The predicted molar refractivity (Wildman–Crippen MR) is 63.2 cm³/mol. The summed E-state index contributed by atoms with van der Waals surface area (Å²) in [5, 5.41) is 0.945. The Kier molecular flexibility index (Phi) is 1.79. The second kappa shape index (κ2) is 2.78. The minimum absolute atomic E-state index is 0.393. The highest BCUT2D eigenvalue weighted by atomic mass is 35.5. The molecule has 1 nitrogen and oxygen atoms in total. The second-order valence-corrected chi connectivity index (χ2v) is 5.91. The Balaban J connectivity index is 1.91. The molecule has 3 fully saturated rings. The van der Waals surface area contributed by atoms with Crippen LogP contribution in [0.5, 0.6) is 0 Å². The summed E-state index contributed by atoms with van der Waals surface area (Å²) in [4.78, 5) is 0. The topological polar surface area (TPSA) is 26.0 Å². The van der Waals surface area contributed by atoms with Crippen molar-refractivity contribution in [2.24, 2.45) is 11.1 Å². The van der Waals surface area contributed by atoms with Gasteiger partial charge in [-0.25, -0.2) is 0 Å². The molecule has 0 atom stereocenters. The molecule has 0 unspecified atom stereocenters. The Bertz CT molecular complexity index is 405. The summed E-state index contributed by atoms with van der Waals surface area (Å²) in [6, 6.07) is 6.44. The lowest BCUT2D eigenvalue weighted by Gasteiger charge is -2.71. The minimum Gasteiger partial charge on any atom is -0.330 e. The molecule has 1 aromatic rings. The molecule has 3 aliphatic carbocycles. The van der Waals surface area contributed by atoms with Crippen LogP contribution in [0.1, 0.15) is 30.4 Å². The largest absolute Gasteiger partial charge is 0.330 e. The summed E-state index contributed by atoms with van der Waals surface area (Å²) in [6.45, 7) is 2.93. The number of benzene rings is 1. The third-order valence-electron chi connectivity index (χ3n) is 4.27. The molecule has 0 aliphatic heterocycles. The predicted octanol–water partition coefficient (Wildman–Crippen LogP) is 3.03. The number of nitrogens with two attached hydrogens (primary N) is 1. The standard InChI is InChI=1S/C13H16ClN/c1-9-2-3-10(11(14)4-9)13-5-12(6-13,7-13)8-15/h2-4H,5-8,15H2,1H3. The molecule has 0 aromatic heterocycles. The summed E-state index contributed by atoms with van der Waals surface area (Å²) in [6.07, 6.45) is 3.75. The lowest BCUT2D eigenvalue weighted by Crippen LogP contribution is -2.67. The number of hydrogen-bond acceptors (Lipinski definition) is 1. The summed E-state index contributed by atoms with van der Waals surface area (Å²) in [7, 11) is 0. The second-order valence-electron chi connectivity index (χ2n) is 5.50. The van der Waals surface area contributed by atoms with E-state index in [0.29, 0.717) is 10.8 Å². The molecule has 80 valence electrons. The molecule has 0 amide bonds. The van der Waals surface area contributed by atoms with E-state index in [9.17, 15) is 0 Å². The summed E-state index contributed by atoms with van der Waals surface area (Å²) in [5.41, 5.74) is 9.24. The maximum atomic E-state index is 6.31. The van der Waals surface area contributed by atoms with Gasteiger partial charge in [0.2, 0.25) is 0 Å². The number of rotatable bonds is 2. The summed E-state index contributed by atoms with van der Waals surface area (Å²) in [5.74, 6) is 0. The zero-order valence-corrected chi connectivity index (χ0v) is 9.77. The number of halogens is 1. The van der Waals surface area contributed by atoms with Gasteiger partial charge in [-0.2, -0.15) is 0 Å². The highest BCUT2D eigenvalue weighted by molar-refractivity contribution is 6.31. The highest BCUT2D eigenvalue weighted by Gasteiger charge is 2.67. The van der Waals surface area contributed by atoms with Gasteiger partial charge >= 0.3 is 0 Å². The van der Waals surface area contributed by atoms with E-state index in [1.165, 1.54) is 30.4 Å². The normalized spacial score (nSPS) is 37.0. The third kappa shape index (κ3) is 1.14. The van der Waals surface area contributed by atoms with Gasteiger partial charge in [-0.1, -0.05) is 23.7 Å². The first-order valence-electron chi connectivity index (χ1n) is 5.56. The maximum Gasteiger partial charge on any atom is 0.0446 e. The van der Waals surface area contributed by atoms with Crippen molar-refractivity contribution in [3.8, 4) is 0 Å². The van der Waals surface area contributed by atoms with Gasteiger partial charge in [0, 0.05) is 5.02 Å². The quantitative estimate of drug-likeness (QED) is 0.817. The fraction of sp³-hybridized carbons (Fsp3) is 0.538. The van der Waals surface area contributed by atoms with Gasteiger partial charge in [0.1, 0.15) is 0 Å². The fourth-order valence-corrected chi connectivity index (χ4v) is 3.99. The lowest BCUT2D eigenvalue weighted by atomic mass is 9.33. The van der Waals surface area contributed by atoms with Crippen LogP contribution in [-0.2, 0) is 5.41 Å². The van der Waals surface area contributed by atoms with Crippen LogP contribution in [0, 0.1) is 12.3 Å². The molecule has 1 aromatic carbocycles. The maximum absolute atomic E-state index is 6.31. The molecule has 3 saturated carbocycles. The van der Waals surface area contributed by atoms with Gasteiger partial charge in [0.25, 0.3) is 0 Å². The molecule has 2 bridgehead atoms. The Morgan fingerprint density at radius 3 is 2.53 bits per heavy atom. The molecule has 0 spiro atoms. The molecule has 0 radical (unpaired) electrons. The van der Waals surface area contributed by atoms with E-state index in [-0.39, 0.29) is 0 Å². The smallest absolute Gasteiger partial charge is 0.0446 e. The molecule has 0 saturated heterocycles. The van der Waals surface area contributed by atoms with E-state index in [0.717, 1.165) is 11.6 Å². The van der Waals surface area contributed by atoms with Crippen molar-refractivity contribution in [1.82, 2.24) is 0 Å². The fourth-order valence-electron chi connectivity index (χ4n) is 3.55. The molecular formula is C13H16ClN. The third-order valence-corrected chi connectivity index (χ3v) is 4.58. The Hall–Kier alpha value is -0.530. The Morgan fingerprint density at radius 1 is 1.33 bits per heavy atom. The van der Waals surface area contributed by atoms with Crippen LogP contribution >= 0.6 is 11.6 Å². The zero-order chi connectivity index (χ0) is 10.7. The van der Waals surface area contributed by atoms with Gasteiger partial charge in [-0.3, -0.25) is 0 Å². The van der Waals surface area contributed by atoms with E-state index in [1.807, 2.05) is 0 Å². The first-order valence-corrected chi connectivity index (χ1v) is 5.94. The van der Waals surface area contributed by atoms with Gasteiger partial charge in [-0.05, 0) is 60.8 Å². The van der Waals surface area contributed by atoms with Crippen LogP contribution < -0.4 is 5.73 Å². The van der Waals surface area contributed by atoms with Crippen molar-refractivity contribution in [1.29, 1.82) is 0 Å². The van der Waals surface area contributed by atoms with Crippen molar-refractivity contribution >= 4 is 11.6 Å². The summed E-state index contributed by atoms with van der Waals surface area (Å²) < 4.78 is 0. The van der Waals surface area contributed by atoms with E-state index in [1.54, 1.807) is 0 Å². The van der Waals surface area contributed by atoms with Crippen molar-refractivity contribution < 1.29 is 0 Å². The lowest BCUT2D eigenvalue weighted by molar-refractivity contribution is -0.132. The van der Waals surface area contributed by atoms with Gasteiger partial charge < -0.3 is 5.73 Å². The van der Waals surface area contributed by atoms with E-state index >= 15 is 0 Å². The van der Waals surface area contributed by atoms with Crippen LogP contribution in [0.25, 0.3) is 0 Å². The Morgan fingerprint density at radius 2 is 2.00 bits per heavy atom. The minimum atomic E-state index is 0.393. The first-order chi connectivity index (χ1) is 7.09. The average molecular weight is 222 g/mol. The highest BCUT2D eigenvalue weighted by Crippen LogP contribution is 2.73. The average Bonchev–Trinajstić information content (AvgIpc) is 2.04. The zero-order valence-electron chi connectivity index (χ0n) is 9.02. The number of hydrogen-bond donors (Lipinski definition) is 1. The van der Waals surface area contributed by atoms with E-state index in [2.05, 4.69) is 25.1 Å². The Labute approximate surface area is 95.6 Å². The van der Waals surface area contributed by atoms with Crippen LogP contribution in [0.3, 0.4) is 0 Å². The molecule has 2 heteroatoms. The van der Waals surface area contributed by atoms with Crippen LogP contribution in [0.2, 0.25) is 5.02 Å². The molecule has 3 aliphatic rings. The van der Waals surface area contributed by atoms with Gasteiger partial charge in [-0.15, -0.1) is 0 Å². The van der Waals surface area contributed by atoms with Crippen molar-refractivity contribution in [2.45, 2.75) is 31.6 Å². The van der Waals surface area contributed by atoms with E-state index < -0.39 is 0 Å². The molecular weight excluding hydrogens is 206 g/mol. The van der Waals surface area contributed by atoms with Crippen molar-refractivity contribution in [3.63, 3.8) is 0 Å². The first kappa shape index (κ1) is 9.68. The van der Waals surface area contributed by atoms with Crippen molar-refractivity contribution in [2.75, 3.05) is 6.54 Å². The van der Waals surface area contributed by atoms with Gasteiger partial charge in [0.15, 0.2) is 0 Å². The summed E-state index contributed by atoms with van der Waals surface area (Å²) >= 11 is 6.31. The number of aryl methyl sites for hydroxylation is 1. The van der Waals surface area contributed by atoms with Crippen LogP contribution in [0.15, 0.2) is 18.2 Å². The monoisotopic (exact) mass is 221 g/mol. The molecule has 4 rings (SSSR count). The van der Waals surface area contributed by atoms with Crippen molar-refractivity contribution in [3.05, 3.63) is 34.3 Å². The molecule has 15 heavy (non-hydrogen) atoms. The van der Waals surface area contributed by atoms with Crippen LogP contribution in [-0.4, -0.2) is 6.54 Å².